The number of benzene rings is 1. The van der Waals surface area contributed by atoms with E-state index in [1.54, 1.807) is 24.3 Å². The van der Waals surface area contributed by atoms with Crippen LogP contribution in [0.4, 0.5) is 0 Å². The summed E-state index contributed by atoms with van der Waals surface area (Å²) in [5.74, 6) is -0.287. The Hall–Kier alpha value is -2.95. The van der Waals surface area contributed by atoms with Crippen molar-refractivity contribution in [2.45, 2.75) is 24.1 Å². The number of aromatic nitrogens is 2. The van der Waals surface area contributed by atoms with Crippen LogP contribution in [0.3, 0.4) is 0 Å². The Morgan fingerprint density at radius 1 is 1.28 bits per heavy atom. The van der Waals surface area contributed by atoms with Crippen molar-refractivity contribution < 1.29 is 17.9 Å². The van der Waals surface area contributed by atoms with Crippen LogP contribution in [0.2, 0.25) is 5.02 Å². The van der Waals surface area contributed by atoms with Gasteiger partial charge in [-0.1, -0.05) is 23.7 Å². The van der Waals surface area contributed by atoms with Gasteiger partial charge in [-0.25, -0.2) is 13.6 Å². The monoisotopic (exact) mass is 476 g/mol. The van der Waals surface area contributed by atoms with E-state index in [-0.39, 0.29) is 24.5 Å². The van der Waals surface area contributed by atoms with Crippen molar-refractivity contribution in [2.75, 3.05) is 6.61 Å². The number of aryl methyl sites for hydroxylation is 1. The predicted molar refractivity (Wildman–Crippen MR) is 120 cm³/mol. The summed E-state index contributed by atoms with van der Waals surface area (Å²) in [7, 11) is -2.24. The second kappa shape index (κ2) is 8.19. The topological polar surface area (TPSA) is 133 Å². The lowest BCUT2D eigenvalue weighted by Crippen LogP contribution is -2.36. The minimum atomic E-state index is -3.76. The molecule has 1 aliphatic rings. The molecule has 11 heteroatoms. The second-order valence-corrected chi connectivity index (χ2v) is 10.2. The van der Waals surface area contributed by atoms with Crippen molar-refractivity contribution in [3.8, 4) is 5.75 Å². The van der Waals surface area contributed by atoms with E-state index in [9.17, 15) is 18.0 Å². The number of carbonyl (C=O) groups excluding carboxylic acids is 1. The molecule has 1 amide bonds. The highest BCUT2D eigenvalue weighted by Crippen LogP contribution is 2.42. The van der Waals surface area contributed by atoms with Gasteiger partial charge in [0.05, 0.1) is 11.7 Å². The number of hydrogen-bond donors (Lipinski definition) is 2. The molecule has 4 rings (SSSR count). The fraction of sp³-hybridized carbons (Fsp3) is 0.286. The van der Waals surface area contributed by atoms with Crippen LogP contribution < -0.4 is 20.8 Å². The quantitative estimate of drug-likeness (QED) is 0.533. The van der Waals surface area contributed by atoms with Crippen LogP contribution in [-0.2, 0) is 23.6 Å². The molecule has 2 heterocycles. The van der Waals surface area contributed by atoms with Gasteiger partial charge in [-0.3, -0.25) is 14.6 Å². The molecule has 0 bridgehead atoms. The Labute approximate surface area is 189 Å². The Kier molecular flexibility index (Phi) is 5.70. The average Bonchev–Trinajstić information content (AvgIpc) is 3.55. The van der Waals surface area contributed by atoms with Crippen LogP contribution in [0.1, 0.15) is 28.8 Å². The van der Waals surface area contributed by atoms with Gasteiger partial charge in [0, 0.05) is 30.2 Å². The summed E-state index contributed by atoms with van der Waals surface area (Å²) in [6, 6.07) is 8.44. The van der Waals surface area contributed by atoms with E-state index in [0.29, 0.717) is 28.8 Å². The van der Waals surface area contributed by atoms with Crippen molar-refractivity contribution in [1.29, 1.82) is 0 Å². The molecule has 0 spiro atoms. The van der Waals surface area contributed by atoms with Gasteiger partial charge >= 0.3 is 0 Å². The highest BCUT2D eigenvalue weighted by atomic mass is 35.5. The van der Waals surface area contributed by atoms with Crippen molar-refractivity contribution in [3.05, 3.63) is 69.2 Å². The molecule has 0 unspecified atom stereocenters. The van der Waals surface area contributed by atoms with Crippen LogP contribution >= 0.6 is 11.6 Å². The third-order valence-corrected chi connectivity index (χ3v) is 7.58. The lowest BCUT2D eigenvalue weighted by Gasteiger charge is -2.17. The molecular formula is C21H21ClN4O5S. The zero-order valence-corrected chi connectivity index (χ0v) is 18.7. The number of carbonyl (C=O) groups is 1. The van der Waals surface area contributed by atoms with E-state index in [0.717, 1.165) is 5.56 Å². The molecule has 168 valence electrons. The number of hydrogen-bond acceptors (Lipinski definition) is 6. The third kappa shape index (κ3) is 4.21. The van der Waals surface area contributed by atoms with Crippen LogP contribution in [0, 0.1) is 0 Å². The minimum absolute atomic E-state index is 0.0453. The fourth-order valence-electron chi connectivity index (χ4n) is 3.42. The van der Waals surface area contributed by atoms with E-state index >= 15 is 0 Å². The highest BCUT2D eigenvalue weighted by Gasteiger charge is 2.54. The number of nitrogens with two attached hydrogens (primary N) is 1. The maximum Gasteiger partial charge on any atom is 0.263 e. The Morgan fingerprint density at radius 2 is 1.97 bits per heavy atom. The molecule has 32 heavy (non-hydrogen) atoms. The summed E-state index contributed by atoms with van der Waals surface area (Å²) in [6.07, 6.45) is 3.74. The maximum atomic E-state index is 12.9. The molecule has 1 saturated carbocycles. The Morgan fingerprint density at radius 3 is 2.59 bits per heavy atom. The predicted octanol–water partition coefficient (Wildman–Crippen LogP) is 1.72. The number of ether oxygens (including phenoxy) is 1. The van der Waals surface area contributed by atoms with Crippen molar-refractivity contribution in [3.63, 3.8) is 0 Å². The lowest BCUT2D eigenvalue weighted by atomic mass is 10.1. The van der Waals surface area contributed by atoms with Gasteiger partial charge in [0.2, 0.25) is 10.0 Å². The number of halogens is 1. The Bertz CT molecular complexity index is 1370. The minimum Gasteiger partial charge on any atom is -0.488 e. The molecule has 1 fully saturated rings. The molecule has 3 N–H and O–H groups in total. The number of fused-ring (bicyclic) bond motifs is 1. The maximum absolute atomic E-state index is 12.9. The summed E-state index contributed by atoms with van der Waals surface area (Å²) in [5.41, 5.74) is 0.678. The third-order valence-electron chi connectivity index (χ3n) is 5.60. The normalized spacial score (nSPS) is 14.8. The summed E-state index contributed by atoms with van der Waals surface area (Å²) in [4.78, 5) is 29.7. The molecule has 2 aromatic heterocycles. The van der Waals surface area contributed by atoms with Gasteiger partial charge < -0.3 is 14.6 Å². The van der Waals surface area contributed by atoms with Crippen LogP contribution in [0.25, 0.3) is 10.9 Å². The van der Waals surface area contributed by atoms with Gasteiger partial charge in [0.15, 0.2) is 5.75 Å². The second-order valence-electron chi connectivity index (χ2n) is 7.82. The van der Waals surface area contributed by atoms with Crippen molar-refractivity contribution >= 4 is 38.4 Å². The SMILES string of the molecule is Cn1c(=O)c(C(=O)NCc2ccc(Cl)cc2)cc2cncc(OCC3(S(N)(=O)=O)CC3)c21. The van der Waals surface area contributed by atoms with E-state index in [4.69, 9.17) is 21.5 Å². The fourth-order valence-corrected chi connectivity index (χ4v) is 4.44. The van der Waals surface area contributed by atoms with E-state index in [1.807, 2.05) is 0 Å². The molecule has 0 saturated heterocycles. The first-order valence-corrected chi connectivity index (χ1v) is 11.7. The molecule has 0 radical (unpaired) electrons. The van der Waals surface area contributed by atoms with Crippen LogP contribution in [-0.4, -0.2) is 35.2 Å². The number of rotatable bonds is 7. The average molecular weight is 477 g/mol. The number of nitrogens with one attached hydrogen (secondary N) is 1. The smallest absolute Gasteiger partial charge is 0.263 e. The zero-order chi connectivity index (χ0) is 23.1. The van der Waals surface area contributed by atoms with Crippen LogP contribution in [0.15, 0.2) is 47.5 Å². The summed E-state index contributed by atoms with van der Waals surface area (Å²) >= 11 is 5.87. The highest BCUT2D eigenvalue weighted by molar-refractivity contribution is 7.90. The first-order valence-electron chi connectivity index (χ1n) is 9.77. The summed E-state index contributed by atoms with van der Waals surface area (Å²) in [5, 5.41) is 9.12. The van der Waals surface area contributed by atoms with Crippen molar-refractivity contribution in [2.24, 2.45) is 12.2 Å². The molecular weight excluding hydrogens is 456 g/mol. The lowest BCUT2D eigenvalue weighted by molar-refractivity contribution is 0.0949. The molecule has 0 aliphatic heterocycles. The Balaban J connectivity index is 1.60. The number of sulfonamides is 1. The first kappa shape index (κ1) is 22.3. The largest absolute Gasteiger partial charge is 0.488 e. The molecule has 0 atom stereocenters. The van der Waals surface area contributed by atoms with Crippen molar-refractivity contribution in [1.82, 2.24) is 14.9 Å². The standard InChI is InChI=1S/C21H21ClN4O5S/c1-26-18-14(10-24-11-17(18)31-12-21(6-7-21)32(23,29)30)8-16(20(26)28)19(27)25-9-13-2-4-15(22)5-3-13/h2-5,8,10-11H,6-7,9,12H2,1H3,(H,25,27)(H2,23,29,30). The van der Waals surface area contributed by atoms with Crippen LogP contribution in [0.5, 0.6) is 5.75 Å². The van der Waals surface area contributed by atoms with Gasteiger partial charge in [-0.2, -0.15) is 0 Å². The zero-order valence-electron chi connectivity index (χ0n) is 17.2. The molecule has 9 nitrogen and oxygen atoms in total. The summed E-state index contributed by atoms with van der Waals surface area (Å²) in [6.45, 7) is 0.0956. The molecule has 1 aliphatic carbocycles. The van der Waals surface area contributed by atoms with Gasteiger partial charge in [-0.15, -0.1) is 0 Å². The van der Waals surface area contributed by atoms with E-state index < -0.39 is 26.2 Å². The number of primary sulfonamides is 1. The number of nitrogens with zero attached hydrogens (tertiary/aromatic N) is 2. The first-order chi connectivity index (χ1) is 15.1. The number of pyridine rings is 2. The molecule has 1 aromatic carbocycles. The number of amides is 1. The van der Waals surface area contributed by atoms with Gasteiger partial charge in [0.25, 0.3) is 11.5 Å². The van der Waals surface area contributed by atoms with Gasteiger partial charge in [0.1, 0.15) is 16.9 Å². The molecule has 3 aromatic rings. The van der Waals surface area contributed by atoms with Gasteiger partial charge in [-0.05, 0) is 36.6 Å². The van der Waals surface area contributed by atoms with E-state index in [1.165, 1.54) is 30.1 Å². The summed E-state index contributed by atoms with van der Waals surface area (Å²) < 4.78 is 29.5. The van der Waals surface area contributed by atoms with E-state index in [2.05, 4.69) is 10.3 Å².